The smallest absolute Gasteiger partial charge is 0.329 e. The number of aromatic nitrogens is 2. The first-order chi connectivity index (χ1) is 14.1. The average Bonchev–Trinajstić information content (AvgIpc) is 3.56. The largest absolute Gasteiger partial charge is 0.497 e. The maximum atomic E-state index is 11.3. The van der Waals surface area contributed by atoms with Crippen LogP contribution in [0.1, 0.15) is 24.8 Å². The lowest BCUT2D eigenvalue weighted by molar-refractivity contribution is -0.384. The zero-order valence-corrected chi connectivity index (χ0v) is 16.6. The molecule has 2 fully saturated rings. The topological polar surface area (TPSA) is 96.7 Å². The highest BCUT2D eigenvalue weighted by atomic mass is 16.6. The highest BCUT2D eigenvalue weighted by Gasteiger charge is 2.27. The Morgan fingerprint density at radius 3 is 2.69 bits per heavy atom. The third-order valence-electron chi connectivity index (χ3n) is 5.31. The van der Waals surface area contributed by atoms with Crippen LogP contribution >= 0.6 is 0 Å². The van der Waals surface area contributed by atoms with Gasteiger partial charge in [-0.25, -0.2) is 4.98 Å². The number of hydrogen-bond acceptors (Lipinski definition) is 8. The molecule has 1 N–H and O–H groups in total. The third-order valence-corrected chi connectivity index (χ3v) is 5.31. The van der Waals surface area contributed by atoms with Crippen LogP contribution in [0, 0.1) is 10.1 Å². The second-order valence-electron chi connectivity index (χ2n) is 7.54. The van der Waals surface area contributed by atoms with Gasteiger partial charge in [0.2, 0.25) is 11.8 Å². The Morgan fingerprint density at radius 1 is 1.21 bits per heavy atom. The van der Waals surface area contributed by atoms with Gasteiger partial charge in [0.1, 0.15) is 11.9 Å². The van der Waals surface area contributed by atoms with Crippen LogP contribution in [0.25, 0.3) is 0 Å². The Morgan fingerprint density at radius 2 is 2.00 bits per heavy atom. The maximum Gasteiger partial charge on any atom is 0.329 e. The number of nitrogens with one attached hydrogen (secondary N) is 1. The standard InChI is InChI=1S/C20H26N6O3/c1-29-17-7-3-15(4-8-17)14-24-9-2-10-25(12-11-24)20-21-13-18(26(27)28)19(23-20)22-16-5-6-16/h3-4,7-8,13,16H,2,5-6,9-12,14H2,1H3,(H,21,22,23). The van der Waals surface area contributed by atoms with Crippen molar-refractivity contribution in [1.29, 1.82) is 0 Å². The Labute approximate surface area is 169 Å². The van der Waals surface area contributed by atoms with E-state index in [4.69, 9.17) is 4.74 Å². The van der Waals surface area contributed by atoms with Gasteiger partial charge in [0, 0.05) is 38.8 Å². The summed E-state index contributed by atoms with van der Waals surface area (Å²) in [5.74, 6) is 1.76. The molecule has 1 aromatic carbocycles. The molecule has 1 aliphatic carbocycles. The van der Waals surface area contributed by atoms with Crippen LogP contribution in [0.15, 0.2) is 30.5 Å². The molecular formula is C20H26N6O3. The number of rotatable bonds is 7. The van der Waals surface area contributed by atoms with E-state index in [1.165, 1.54) is 11.8 Å². The first kappa shape index (κ1) is 19.4. The van der Waals surface area contributed by atoms with Gasteiger partial charge >= 0.3 is 5.69 Å². The summed E-state index contributed by atoms with van der Waals surface area (Å²) < 4.78 is 5.22. The van der Waals surface area contributed by atoms with Crippen LogP contribution in [-0.4, -0.2) is 59.1 Å². The minimum absolute atomic E-state index is 0.0587. The van der Waals surface area contributed by atoms with Gasteiger partial charge in [0.15, 0.2) is 0 Å². The Bertz CT molecular complexity index is 856. The number of hydrogen-bond donors (Lipinski definition) is 1. The van der Waals surface area contributed by atoms with Gasteiger partial charge in [-0.15, -0.1) is 0 Å². The van der Waals surface area contributed by atoms with Crippen molar-refractivity contribution in [2.75, 3.05) is 43.5 Å². The summed E-state index contributed by atoms with van der Waals surface area (Å²) in [6, 6.07) is 8.45. The van der Waals surface area contributed by atoms with E-state index in [1.807, 2.05) is 12.1 Å². The van der Waals surface area contributed by atoms with Gasteiger partial charge in [-0.3, -0.25) is 15.0 Å². The summed E-state index contributed by atoms with van der Waals surface area (Å²) in [6.45, 7) is 4.38. The fraction of sp³-hybridized carbons (Fsp3) is 0.500. The molecule has 154 valence electrons. The van der Waals surface area contributed by atoms with Crippen molar-refractivity contribution < 1.29 is 9.66 Å². The molecule has 1 saturated heterocycles. The van der Waals surface area contributed by atoms with Crippen LogP contribution < -0.4 is 15.0 Å². The van der Waals surface area contributed by atoms with Crippen molar-refractivity contribution in [3.05, 3.63) is 46.1 Å². The molecule has 0 spiro atoms. The molecule has 0 amide bonds. The van der Waals surface area contributed by atoms with Crippen LogP contribution in [0.3, 0.4) is 0 Å². The van der Waals surface area contributed by atoms with Gasteiger partial charge in [0.05, 0.1) is 12.0 Å². The molecule has 2 aromatic rings. The molecule has 0 bridgehead atoms. The molecule has 2 heterocycles. The first-order valence-corrected chi connectivity index (χ1v) is 10.0. The van der Waals surface area contributed by atoms with Crippen LogP contribution in [0.4, 0.5) is 17.5 Å². The van der Waals surface area contributed by atoms with Gasteiger partial charge in [0.25, 0.3) is 0 Å². The number of benzene rings is 1. The van der Waals surface area contributed by atoms with Crippen molar-refractivity contribution in [3.63, 3.8) is 0 Å². The SMILES string of the molecule is COc1ccc(CN2CCCN(c3ncc([N+](=O)[O-])c(NC4CC4)n3)CC2)cc1. The molecule has 29 heavy (non-hydrogen) atoms. The van der Waals surface area contributed by atoms with Crippen LogP contribution in [-0.2, 0) is 6.54 Å². The van der Waals surface area contributed by atoms with E-state index in [2.05, 4.69) is 37.2 Å². The zero-order valence-electron chi connectivity index (χ0n) is 16.6. The molecule has 1 aromatic heterocycles. The molecule has 0 unspecified atom stereocenters. The summed E-state index contributed by atoms with van der Waals surface area (Å²) in [7, 11) is 1.67. The molecule has 1 saturated carbocycles. The third kappa shape index (κ3) is 4.92. The fourth-order valence-electron chi connectivity index (χ4n) is 3.50. The minimum Gasteiger partial charge on any atom is -0.497 e. The lowest BCUT2D eigenvalue weighted by Crippen LogP contribution is -2.31. The highest BCUT2D eigenvalue weighted by molar-refractivity contribution is 5.58. The lowest BCUT2D eigenvalue weighted by atomic mass is 10.2. The second kappa shape index (κ2) is 8.60. The Balaban J connectivity index is 1.41. The monoisotopic (exact) mass is 398 g/mol. The van der Waals surface area contributed by atoms with Gasteiger partial charge in [-0.2, -0.15) is 4.98 Å². The Kier molecular flexibility index (Phi) is 5.75. The Hall–Kier alpha value is -2.94. The van der Waals surface area contributed by atoms with Crippen LogP contribution in [0.5, 0.6) is 5.75 Å². The predicted molar refractivity (Wildman–Crippen MR) is 110 cm³/mol. The van der Waals surface area contributed by atoms with Crippen molar-refractivity contribution in [3.8, 4) is 5.75 Å². The van der Waals surface area contributed by atoms with Crippen molar-refractivity contribution in [1.82, 2.24) is 14.9 Å². The van der Waals surface area contributed by atoms with E-state index in [1.54, 1.807) is 7.11 Å². The predicted octanol–water partition coefficient (Wildman–Crippen LogP) is 2.68. The average molecular weight is 398 g/mol. The normalized spacial score (nSPS) is 17.6. The van der Waals surface area contributed by atoms with E-state index in [9.17, 15) is 10.1 Å². The fourth-order valence-corrected chi connectivity index (χ4v) is 3.50. The zero-order chi connectivity index (χ0) is 20.2. The van der Waals surface area contributed by atoms with E-state index >= 15 is 0 Å². The number of methoxy groups -OCH3 is 1. The molecule has 9 nitrogen and oxygen atoms in total. The van der Waals surface area contributed by atoms with E-state index in [0.717, 1.165) is 57.7 Å². The number of nitrogens with zero attached hydrogens (tertiary/aromatic N) is 5. The highest BCUT2D eigenvalue weighted by Crippen LogP contribution is 2.30. The van der Waals surface area contributed by atoms with E-state index in [0.29, 0.717) is 17.8 Å². The first-order valence-electron chi connectivity index (χ1n) is 10.0. The number of anilines is 2. The van der Waals surface area contributed by atoms with Crippen molar-refractivity contribution in [2.24, 2.45) is 0 Å². The molecule has 9 heteroatoms. The summed E-state index contributed by atoms with van der Waals surface area (Å²) >= 11 is 0. The van der Waals surface area contributed by atoms with Crippen molar-refractivity contribution >= 4 is 17.5 Å². The van der Waals surface area contributed by atoms with Gasteiger partial charge in [-0.05, 0) is 37.0 Å². The van der Waals surface area contributed by atoms with Gasteiger partial charge in [-0.1, -0.05) is 12.1 Å². The summed E-state index contributed by atoms with van der Waals surface area (Å²) in [6.07, 6.45) is 4.37. The molecule has 0 atom stereocenters. The summed E-state index contributed by atoms with van der Waals surface area (Å²) in [5.41, 5.74) is 1.19. The molecule has 0 radical (unpaired) electrons. The maximum absolute atomic E-state index is 11.3. The summed E-state index contributed by atoms with van der Waals surface area (Å²) in [4.78, 5) is 24.2. The number of ether oxygens (including phenoxy) is 1. The molecule has 4 rings (SSSR count). The van der Waals surface area contributed by atoms with E-state index < -0.39 is 4.92 Å². The van der Waals surface area contributed by atoms with Gasteiger partial charge < -0.3 is 15.0 Å². The van der Waals surface area contributed by atoms with Crippen molar-refractivity contribution in [2.45, 2.75) is 31.8 Å². The van der Waals surface area contributed by atoms with Crippen LogP contribution in [0.2, 0.25) is 0 Å². The quantitative estimate of drug-likeness (QED) is 0.562. The summed E-state index contributed by atoms with van der Waals surface area (Å²) in [5, 5.41) is 14.5. The molecule has 1 aliphatic heterocycles. The molecular weight excluding hydrogens is 372 g/mol. The number of nitro groups is 1. The second-order valence-corrected chi connectivity index (χ2v) is 7.54. The van der Waals surface area contributed by atoms with E-state index in [-0.39, 0.29) is 5.69 Å². The lowest BCUT2D eigenvalue weighted by Gasteiger charge is -2.22. The minimum atomic E-state index is -0.423. The molecule has 2 aliphatic rings.